The Morgan fingerprint density at radius 2 is 0.747 bits per heavy atom. The number of ether oxygens (including phenoxy) is 7. The number of para-hydroxylation sites is 3. The van der Waals surface area contributed by atoms with Crippen LogP contribution in [0.4, 0.5) is 28.8 Å². The van der Waals surface area contributed by atoms with E-state index in [1.807, 2.05) is 47.6 Å². The molecule has 3 rings (SSSR count). The molecule has 0 aromatic heterocycles. The fourth-order valence-corrected chi connectivity index (χ4v) is 9.17. The van der Waals surface area contributed by atoms with Crippen LogP contribution in [0.2, 0.25) is 0 Å². The summed E-state index contributed by atoms with van der Waals surface area (Å²) in [7, 11) is -2.19. The van der Waals surface area contributed by atoms with E-state index in [-0.39, 0.29) is 139 Å². The van der Waals surface area contributed by atoms with Gasteiger partial charge in [0.1, 0.15) is 56.4 Å². The standard InChI is InChI=1S/C32H44N2O3.C10H13ClN2O2.C10H18O5.C9H19NO5S.C8H16N4O2.C8H18N2O2.C8H17NO3.C7H6O3.C3H9NO.CH3ClO2S.CH4.N3.Na/c1-3-4-5-6-7-8-9-10-11-12-13-14-15-16-17-18-19-20-21-26-31(36)33-27-28(2)34-32(37)29-24-22-23-25-30(29)35;1-7(6-12-11)13-10(15)8-4-2-3-5-9(8)14;1-9(2,3)14-7(11)13-8(12)15-10(4,5)6;1-7(15-16(5,12)13)6-10-8(11)14-9(2,3)4;1-6(11-12-9)5-10-7(13)14-8(2,3)4;1-6(9)5-10-7(11)12-8(2,3)4;1-6(10)5-9-7(11)12-8(2,3)4;8-6-4-2-1-3-5(6)7(9)10;1-3(5)2-4;1-5(2,3)4;;1-3-2;/h4-5,7-8,10-11,13-14,16-17,19-20,22-25,28,35H,3,6,9,12,15,18,21,26-27H2,1-2H3,(H,33,36)(H,34,37);2-5,7,12,14H,6H2,1H3,(H,13,15);1-6H3;7H,6H2,1-5H3,(H,10,11);6H,5H2,1-4H3,(H,10,13);6H,5,9H2,1-4H3,(H,10,11);6,10H,5H2,1-4H3,(H,9,11);1-4,8H,(H,9,10);3,5H,2,4H2,1H3;1H3;1H4;;/q;;;;;;;;;;;-1;+1/b5-4-,8-7-,11-10-,14-13-,17-16-,20-19-;;;;;;;;;;;;. The van der Waals surface area contributed by atoms with Crippen molar-refractivity contribution in [3.63, 3.8) is 0 Å². The third-order valence-corrected chi connectivity index (χ3v) is 14.8. The van der Waals surface area contributed by atoms with Gasteiger partial charge in [-0.05, 0) is 265 Å². The van der Waals surface area contributed by atoms with Gasteiger partial charge in [-0.3, -0.25) is 23.5 Å². The number of phenols is 3. The van der Waals surface area contributed by atoms with Crippen LogP contribution in [0.15, 0.2) is 151 Å². The number of phenolic OH excluding ortho intramolecular Hbond substituents is 2. The molecule has 0 fully saturated rings. The summed E-state index contributed by atoms with van der Waals surface area (Å²) in [5, 5.41) is 75.1. The van der Waals surface area contributed by atoms with Gasteiger partial charge in [-0.1, -0.05) is 136 Å². The molecule has 0 saturated carbocycles. The van der Waals surface area contributed by atoms with E-state index < -0.39 is 108 Å². The number of benzene rings is 3. The number of amides is 7. The van der Waals surface area contributed by atoms with Crippen molar-refractivity contribution in [2.75, 3.05) is 58.3 Å². The Balaban J connectivity index is -0.000000184. The summed E-state index contributed by atoms with van der Waals surface area (Å²) in [6, 6.07) is 17.9. The van der Waals surface area contributed by atoms with E-state index in [1.54, 1.807) is 180 Å². The zero-order valence-corrected chi connectivity index (χ0v) is 94.7. The number of alkyl carbamates (subject to hydrolysis) is 4. The molecule has 0 radical (unpaired) electrons. The smallest absolute Gasteiger partial charge is 0.507 e. The van der Waals surface area contributed by atoms with Gasteiger partial charge in [0.05, 0.1) is 48.0 Å². The third-order valence-electron chi connectivity index (χ3n) is 14.0. The summed E-state index contributed by atoms with van der Waals surface area (Å²) in [6.45, 7) is 47.6. The first-order chi connectivity index (χ1) is 66.0. The van der Waals surface area contributed by atoms with E-state index in [2.05, 4.69) is 145 Å². The maximum Gasteiger partial charge on any atom is 1.00 e. The zero-order valence-electron chi connectivity index (χ0n) is 89.6. The van der Waals surface area contributed by atoms with Crippen molar-refractivity contribution in [1.82, 2.24) is 42.1 Å². The van der Waals surface area contributed by atoms with Crippen molar-refractivity contribution < 1.29 is 162 Å². The first-order valence-corrected chi connectivity index (χ1v) is 50.3. The van der Waals surface area contributed by atoms with E-state index in [4.69, 9.17) is 88.7 Å². The molecule has 146 heavy (non-hydrogen) atoms. The second kappa shape index (κ2) is 88.2. The van der Waals surface area contributed by atoms with Gasteiger partial charge in [-0.15, -0.1) is 0 Å². The van der Waals surface area contributed by atoms with Crippen LogP contribution in [-0.4, -0.2) is 242 Å². The summed E-state index contributed by atoms with van der Waals surface area (Å²) in [5.41, 5.74) is 29.0. The first kappa shape index (κ1) is 155. The Labute approximate surface area is 896 Å². The van der Waals surface area contributed by atoms with Gasteiger partial charge in [-0.2, -0.15) is 8.42 Å². The molecule has 49 heteroatoms. The number of azide groups is 1. The van der Waals surface area contributed by atoms with Gasteiger partial charge in [0.15, 0.2) is 0 Å². The number of aliphatic hydroxyl groups is 2. The number of allylic oxidation sites excluding steroid dienone is 12. The van der Waals surface area contributed by atoms with Crippen LogP contribution in [0.1, 0.15) is 270 Å². The van der Waals surface area contributed by atoms with Crippen molar-refractivity contribution in [3.8, 4) is 17.2 Å². The Morgan fingerprint density at radius 1 is 0.459 bits per heavy atom. The fraction of sp³-hybridized carbons (Fsp3) is 0.588. The number of carbonyl (C=O) groups excluding carboxylic acids is 9. The van der Waals surface area contributed by atoms with E-state index in [0.29, 0.717) is 39.0 Å². The molecular weight excluding hydrogens is 2000 g/mol. The molecule has 44 nitrogen and oxygen atoms in total. The molecule has 0 aliphatic carbocycles. The predicted molar refractivity (Wildman–Crippen MR) is 568 cm³/mol. The van der Waals surface area contributed by atoms with E-state index >= 15 is 0 Å². The Kier molecular flexibility index (Phi) is 93.7. The molecule has 0 spiro atoms. The van der Waals surface area contributed by atoms with Gasteiger partial charge in [0.2, 0.25) is 15.0 Å². The van der Waals surface area contributed by atoms with Crippen LogP contribution in [0, 0.1) is 0 Å². The number of carboxylic acid groups (broad SMARTS) is 1. The average Bonchev–Trinajstić information content (AvgIpc) is 0.867. The molecular formula is C97H167Cl2N16NaO28S2. The molecule has 830 valence electrons. The van der Waals surface area contributed by atoms with Crippen molar-refractivity contribution in [3.05, 3.63) is 189 Å². The summed E-state index contributed by atoms with van der Waals surface area (Å²) in [4.78, 5) is 119. The average molecular weight is 2160 g/mol. The number of aromatic hydroxyl groups is 3. The molecule has 0 bridgehead atoms. The minimum atomic E-state index is -3.50. The van der Waals surface area contributed by atoms with Crippen LogP contribution in [0.25, 0.3) is 26.4 Å². The molecule has 7 amide bonds. The molecule has 3 aromatic carbocycles. The normalized spacial score (nSPS) is 12.4. The number of aromatic carboxylic acids is 1. The second-order valence-corrected chi connectivity index (χ2v) is 41.5. The molecule has 0 heterocycles. The van der Waals surface area contributed by atoms with Gasteiger partial charge in [0.25, 0.3) is 21.9 Å². The van der Waals surface area contributed by atoms with Gasteiger partial charge >= 0.3 is 72.2 Å². The van der Waals surface area contributed by atoms with Crippen molar-refractivity contribution >= 4 is 102 Å². The zero-order chi connectivity index (χ0) is 113. The molecule has 0 aliphatic heterocycles. The van der Waals surface area contributed by atoms with Gasteiger partial charge in [0, 0.05) is 86.0 Å². The predicted octanol–water partition coefficient (Wildman–Crippen LogP) is 15.2. The maximum absolute atomic E-state index is 12.2. The largest absolute Gasteiger partial charge is 1.00 e. The SMILES string of the molecule is C.CC(C)(C)OC(=O)OC(=O)OC(C)(C)C.CC(CNC(=O)OC(C)(C)C)N=[N+]=[N-].CC(CNC(=O)OC(C)(C)C)OS(C)(=O)=O.CC(CNCl)NC(=O)c1ccccc1O.CC(N)CNC(=O)OC(C)(C)C.CC(O)CN.CC(O)CNC(=O)OC(C)(C)C.CC/C=C\C/C=C\C/C=C\C/C=C\C/C=C\C/C=C\CCC(=O)NCC(C)NC(=O)c1ccccc1O.CS(=O)(=O)Cl.O=C(O)c1ccccc1O.[N-]=[N+]=[N-].[Na+]. The van der Waals surface area contributed by atoms with Crippen LogP contribution >= 0.6 is 22.5 Å². The summed E-state index contributed by atoms with van der Waals surface area (Å²) in [6.07, 6.45) is 29.0. The number of carboxylic acids is 1. The maximum atomic E-state index is 12.2. The van der Waals surface area contributed by atoms with Crippen LogP contribution < -0.4 is 83.1 Å². The number of nitrogens with one attached hydrogen (secondary N) is 8. The van der Waals surface area contributed by atoms with Gasteiger partial charge < -0.3 is 124 Å². The number of hydrogen-bond donors (Lipinski definition) is 16. The number of halogens is 2. The topological polar surface area (TPSA) is 690 Å². The Morgan fingerprint density at radius 3 is 1.01 bits per heavy atom. The number of aliphatic hydroxyl groups excluding tert-OH is 2. The molecule has 3 aromatic rings. The first-order valence-electron chi connectivity index (χ1n) is 45.4. The number of nitrogens with two attached hydrogens (primary N) is 2. The van der Waals surface area contributed by atoms with Crippen molar-refractivity contribution in [1.29, 1.82) is 0 Å². The van der Waals surface area contributed by atoms with Crippen molar-refractivity contribution in [2.24, 2.45) is 16.6 Å². The summed E-state index contributed by atoms with van der Waals surface area (Å²) >= 11 is 5.31. The number of carbonyl (C=O) groups is 10. The Bertz CT molecular complexity index is 4580. The monoisotopic (exact) mass is 2160 g/mol. The number of rotatable bonds is 35. The Hall–Kier alpha value is -10.9. The van der Waals surface area contributed by atoms with Gasteiger partial charge in [-0.25, -0.2) is 46.8 Å². The fourth-order valence-electron chi connectivity index (χ4n) is 8.28. The molecule has 0 aliphatic rings. The van der Waals surface area contributed by atoms with Crippen LogP contribution in [-0.2, 0) is 61.3 Å². The number of hydrogen-bond acceptors (Lipinski definition) is 31. The quantitative estimate of drug-likeness (QED) is 0.00222. The van der Waals surface area contributed by atoms with E-state index in [0.717, 1.165) is 51.0 Å². The van der Waals surface area contributed by atoms with Crippen LogP contribution in [0.5, 0.6) is 17.2 Å². The summed E-state index contributed by atoms with van der Waals surface area (Å²) in [5.74, 6) is -2.13. The molecule has 7 unspecified atom stereocenters. The molecule has 18 N–H and O–H groups in total. The molecule has 7 atom stereocenters. The van der Waals surface area contributed by atoms with Crippen LogP contribution in [0.3, 0.4) is 0 Å². The van der Waals surface area contributed by atoms with E-state index in [1.165, 1.54) is 29.2 Å². The summed E-state index contributed by atoms with van der Waals surface area (Å²) < 4.78 is 78.6. The minimum absolute atomic E-state index is 0. The number of nitrogens with zero attached hydrogens (tertiary/aromatic N) is 6. The van der Waals surface area contributed by atoms with E-state index in [9.17, 15) is 75.0 Å². The minimum Gasteiger partial charge on any atom is -0.507 e. The molecule has 0 saturated heterocycles. The van der Waals surface area contributed by atoms with Crippen molar-refractivity contribution in [2.45, 2.75) is 315 Å². The third kappa shape index (κ3) is 127. The second-order valence-electron chi connectivity index (χ2n) is 36.6.